The minimum atomic E-state index is -3.53. The summed E-state index contributed by atoms with van der Waals surface area (Å²) in [7, 11) is -3.53. The molecule has 0 heterocycles. The molecule has 0 unspecified atom stereocenters. The second-order valence-electron chi connectivity index (χ2n) is 3.88. The van der Waals surface area contributed by atoms with Crippen LogP contribution in [0.25, 0.3) is 0 Å². The zero-order valence-electron chi connectivity index (χ0n) is 9.21. The van der Waals surface area contributed by atoms with Gasteiger partial charge in [-0.1, -0.05) is 13.8 Å². The average molecular weight is 249 g/mol. The van der Waals surface area contributed by atoms with Crippen molar-refractivity contribution in [1.29, 1.82) is 0 Å². The van der Waals surface area contributed by atoms with Crippen molar-refractivity contribution in [3.05, 3.63) is 29.3 Å². The molecule has 0 amide bonds. The van der Waals surface area contributed by atoms with E-state index in [4.69, 9.17) is 0 Å². The van der Waals surface area contributed by atoms with Crippen LogP contribution in [0.15, 0.2) is 12.1 Å². The van der Waals surface area contributed by atoms with Crippen molar-refractivity contribution in [2.24, 2.45) is 0 Å². The van der Waals surface area contributed by atoms with Crippen molar-refractivity contribution in [2.75, 3.05) is 11.0 Å². The third-order valence-corrected chi connectivity index (χ3v) is 2.57. The Morgan fingerprint density at radius 1 is 1.19 bits per heavy atom. The molecule has 6 heteroatoms. The predicted molar refractivity (Wildman–Crippen MR) is 58.9 cm³/mol. The molecular weight excluding hydrogens is 236 g/mol. The number of anilines is 1. The molecule has 0 saturated carbocycles. The second-order valence-corrected chi connectivity index (χ2v) is 5.63. The van der Waals surface area contributed by atoms with Crippen molar-refractivity contribution < 1.29 is 17.2 Å². The standard InChI is InChI=1S/C10H13F2NO2S/c1-6(2)10-8(11)4-7(5-9(10)12)13-16(3,14)15/h4-6,13H,1-3H3. The van der Waals surface area contributed by atoms with E-state index in [1.165, 1.54) is 0 Å². The van der Waals surface area contributed by atoms with Crippen molar-refractivity contribution in [3.63, 3.8) is 0 Å². The number of sulfonamides is 1. The molecule has 0 saturated heterocycles. The molecule has 1 rings (SSSR count). The Labute approximate surface area is 93.5 Å². The lowest BCUT2D eigenvalue weighted by atomic mass is 10.0. The van der Waals surface area contributed by atoms with Crippen molar-refractivity contribution in [1.82, 2.24) is 0 Å². The maximum absolute atomic E-state index is 13.5. The van der Waals surface area contributed by atoms with Gasteiger partial charge in [0.2, 0.25) is 10.0 Å². The van der Waals surface area contributed by atoms with Gasteiger partial charge in [0.25, 0.3) is 0 Å². The van der Waals surface area contributed by atoms with Gasteiger partial charge in [-0.05, 0) is 18.1 Å². The summed E-state index contributed by atoms with van der Waals surface area (Å²) < 4.78 is 50.7. The first-order valence-corrected chi connectivity index (χ1v) is 6.56. The highest BCUT2D eigenvalue weighted by Gasteiger charge is 2.15. The largest absolute Gasteiger partial charge is 0.284 e. The van der Waals surface area contributed by atoms with E-state index in [0.717, 1.165) is 18.4 Å². The zero-order chi connectivity index (χ0) is 12.5. The molecule has 1 aromatic carbocycles. The van der Waals surface area contributed by atoms with E-state index >= 15 is 0 Å². The highest BCUT2D eigenvalue weighted by atomic mass is 32.2. The van der Waals surface area contributed by atoms with Gasteiger partial charge in [0, 0.05) is 5.56 Å². The van der Waals surface area contributed by atoms with Gasteiger partial charge in [-0.3, -0.25) is 4.72 Å². The van der Waals surface area contributed by atoms with Gasteiger partial charge in [0.1, 0.15) is 11.6 Å². The Hall–Kier alpha value is -1.17. The fraction of sp³-hybridized carbons (Fsp3) is 0.400. The minimum Gasteiger partial charge on any atom is -0.284 e. The molecule has 1 aromatic rings. The first-order valence-electron chi connectivity index (χ1n) is 4.67. The van der Waals surface area contributed by atoms with Gasteiger partial charge >= 0.3 is 0 Å². The molecular formula is C10H13F2NO2S. The van der Waals surface area contributed by atoms with E-state index in [2.05, 4.69) is 0 Å². The fourth-order valence-corrected chi connectivity index (χ4v) is 1.95. The Morgan fingerprint density at radius 3 is 1.94 bits per heavy atom. The predicted octanol–water partition coefficient (Wildman–Crippen LogP) is 2.46. The molecule has 0 aliphatic rings. The Balaban J connectivity index is 3.20. The molecule has 0 aromatic heterocycles. The summed E-state index contributed by atoms with van der Waals surface area (Å²) in [5.74, 6) is -1.80. The second kappa shape index (κ2) is 4.37. The van der Waals surface area contributed by atoms with Gasteiger partial charge in [-0.25, -0.2) is 17.2 Å². The van der Waals surface area contributed by atoms with Crippen LogP contribution in [0.1, 0.15) is 25.3 Å². The molecule has 0 aliphatic heterocycles. The molecule has 16 heavy (non-hydrogen) atoms. The molecule has 1 N–H and O–H groups in total. The van der Waals surface area contributed by atoms with E-state index in [-0.39, 0.29) is 17.2 Å². The quantitative estimate of drug-likeness (QED) is 0.894. The van der Waals surface area contributed by atoms with Crippen LogP contribution < -0.4 is 4.72 Å². The first kappa shape index (κ1) is 12.9. The Kier molecular flexibility index (Phi) is 3.52. The lowest BCUT2D eigenvalue weighted by Gasteiger charge is -2.11. The van der Waals surface area contributed by atoms with Crippen LogP contribution in [0.4, 0.5) is 14.5 Å². The smallest absolute Gasteiger partial charge is 0.229 e. The summed E-state index contributed by atoms with van der Waals surface area (Å²) in [6, 6.07) is 1.94. The third-order valence-electron chi connectivity index (χ3n) is 1.96. The summed E-state index contributed by atoms with van der Waals surface area (Å²) in [6.07, 6.45) is 0.916. The van der Waals surface area contributed by atoms with Crippen LogP contribution in [-0.2, 0) is 10.0 Å². The van der Waals surface area contributed by atoms with E-state index in [1.807, 2.05) is 4.72 Å². The number of hydrogen-bond acceptors (Lipinski definition) is 2. The lowest BCUT2D eigenvalue weighted by Crippen LogP contribution is -2.11. The van der Waals surface area contributed by atoms with Gasteiger partial charge in [-0.15, -0.1) is 0 Å². The molecule has 3 nitrogen and oxygen atoms in total. The van der Waals surface area contributed by atoms with Crippen LogP contribution >= 0.6 is 0 Å². The molecule has 0 aliphatic carbocycles. The van der Waals surface area contributed by atoms with Crippen molar-refractivity contribution >= 4 is 15.7 Å². The summed E-state index contributed by atoms with van der Waals surface area (Å²) in [5, 5.41) is 0. The monoisotopic (exact) mass is 249 g/mol. The van der Waals surface area contributed by atoms with E-state index in [1.54, 1.807) is 13.8 Å². The van der Waals surface area contributed by atoms with Crippen molar-refractivity contribution in [2.45, 2.75) is 19.8 Å². The fourth-order valence-electron chi connectivity index (χ4n) is 1.41. The highest BCUT2D eigenvalue weighted by Crippen LogP contribution is 2.25. The molecule has 0 radical (unpaired) electrons. The molecule has 0 atom stereocenters. The van der Waals surface area contributed by atoms with E-state index in [9.17, 15) is 17.2 Å². The maximum Gasteiger partial charge on any atom is 0.229 e. The van der Waals surface area contributed by atoms with Gasteiger partial charge in [0.15, 0.2) is 0 Å². The average Bonchev–Trinajstić information content (AvgIpc) is 1.96. The Morgan fingerprint density at radius 2 is 1.62 bits per heavy atom. The van der Waals surface area contributed by atoms with Crippen molar-refractivity contribution in [3.8, 4) is 0 Å². The zero-order valence-corrected chi connectivity index (χ0v) is 10.0. The number of rotatable bonds is 3. The number of hydrogen-bond donors (Lipinski definition) is 1. The van der Waals surface area contributed by atoms with Crippen LogP contribution in [-0.4, -0.2) is 14.7 Å². The maximum atomic E-state index is 13.5. The lowest BCUT2D eigenvalue weighted by molar-refractivity contribution is 0.543. The third kappa shape index (κ3) is 3.16. The summed E-state index contributed by atoms with van der Waals surface area (Å²) in [6.45, 7) is 3.32. The van der Waals surface area contributed by atoms with Gasteiger partial charge in [-0.2, -0.15) is 0 Å². The number of nitrogens with one attached hydrogen (secondary N) is 1. The van der Waals surface area contributed by atoms with Crippen LogP contribution in [0.3, 0.4) is 0 Å². The number of benzene rings is 1. The van der Waals surface area contributed by atoms with E-state index in [0.29, 0.717) is 0 Å². The molecule has 0 bridgehead atoms. The number of halogens is 2. The van der Waals surface area contributed by atoms with Crippen LogP contribution in [0.2, 0.25) is 0 Å². The summed E-state index contributed by atoms with van der Waals surface area (Å²) in [4.78, 5) is 0. The molecule has 90 valence electrons. The minimum absolute atomic E-state index is 0.0425. The normalized spacial score (nSPS) is 11.9. The molecule has 0 spiro atoms. The Bertz CT molecular complexity index is 475. The van der Waals surface area contributed by atoms with Crippen LogP contribution in [0.5, 0.6) is 0 Å². The van der Waals surface area contributed by atoms with E-state index < -0.39 is 21.7 Å². The van der Waals surface area contributed by atoms with Gasteiger partial charge in [0.05, 0.1) is 11.9 Å². The van der Waals surface area contributed by atoms with Gasteiger partial charge < -0.3 is 0 Å². The topological polar surface area (TPSA) is 46.2 Å². The first-order chi connectivity index (χ1) is 7.20. The molecule has 0 fully saturated rings. The summed E-state index contributed by atoms with van der Waals surface area (Å²) >= 11 is 0. The highest BCUT2D eigenvalue weighted by molar-refractivity contribution is 7.92. The summed E-state index contributed by atoms with van der Waals surface area (Å²) in [5.41, 5.74) is -0.152. The SMILES string of the molecule is CC(C)c1c(F)cc(NS(C)(=O)=O)cc1F. The van der Waals surface area contributed by atoms with Crippen LogP contribution in [0, 0.1) is 11.6 Å².